The average molecular weight is 348 g/mol. The summed E-state index contributed by atoms with van der Waals surface area (Å²) in [4.78, 5) is 23.8. The molecule has 2 aromatic rings. The Hall–Kier alpha value is -2.53. The Morgan fingerprint density at radius 2 is 1.88 bits per heavy atom. The molecule has 0 aliphatic heterocycles. The molecular weight excluding hydrogens is 330 g/mol. The Morgan fingerprint density at radius 1 is 1.17 bits per heavy atom. The number of aryl methyl sites for hydroxylation is 1. The number of halogens is 1. The molecule has 0 saturated heterocycles. The first-order valence-electron chi connectivity index (χ1n) is 7.40. The summed E-state index contributed by atoms with van der Waals surface area (Å²) in [6.45, 7) is 3.01. The summed E-state index contributed by atoms with van der Waals surface area (Å²) in [7, 11) is 0. The first kappa shape index (κ1) is 17.8. The maximum Gasteiger partial charge on any atom is 0.347 e. The highest BCUT2D eigenvalue weighted by Gasteiger charge is 2.18. The summed E-state index contributed by atoms with van der Waals surface area (Å²) in [5.41, 5.74) is 1.44. The number of rotatable bonds is 6. The molecule has 0 radical (unpaired) electrons. The summed E-state index contributed by atoms with van der Waals surface area (Å²) < 4.78 is 10.4. The molecule has 0 unspecified atom stereocenters. The summed E-state index contributed by atoms with van der Waals surface area (Å²) in [6.07, 6.45) is -0.812. The molecular formula is C18H18ClNO4. The molecule has 5 nitrogen and oxygen atoms in total. The number of benzene rings is 2. The van der Waals surface area contributed by atoms with E-state index in [9.17, 15) is 9.59 Å². The monoisotopic (exact) mass is 347 g/mol. The largest absolute Gasteiger partial charge is 0.479 e. The number of hydrogen-bond acceptors (Lipinski definition) is 4. The Labute approximate surface area is 145 Å². The van der Waals surface area contributed by atoms with E-state index < -0.39 is 24.6 Å². The Kier molecular flexibility index (Phi) is 6.21. The zero-order valence-corrected chi connectivity index (χ0v) is 14.2. The van der Waals surface area contributed by atoms with E-state index in [2.05, 4.69) is 5.32 Å². The van der Waals surface area contributed by atoms with Crippen molar-refractivity contribution in [2.75, 3.05) is 11.9 Å². The lowest BCUT2D eigenvalue weighted by Crippen LogP contribution is -2.29. The van der Waals surface area contributed by atoms with Crippen LogP contribution in [0.5, 0.6) is 5.75 Å². The smallest absolute Gasteiger partial charge is 0.347 e. The minimum atomic E-state index is -0.812. The molecule has 1 amide bonds. The Balaban J connectivity index is 1.82. The average Bonchev–Trinajstić information content (AvgIpc) is 2.57. The van der Waals surface area contributed by atoms with Crippen LogP contribution in [0, 0.1) is 6.92 Å². The third kappa shape index (κ3) is 5.28. The van der Waals surface area contributed by atoms with Gasteiger partial charge in [0.25, 0.3) is 5.91 Å². The minimum Gasteiger partial charge on any atom is -0.479 e. The van der Waals surface area contributed by atoms with Gasteiger partial charge >= 0.3 is 5.97 Å². The second kappa shape index (κ2) is 8.36. The van der Waals surface area contributed by atoms with Gasteiger partial charge in [-0.3, -0.25) is 4.79 Å². The van der Waals surface area contributed by atoms with Gasteiger partial charge < -0.3 is 14.8 Å². The second-order valence-corrected chi connectivity index (χ2v) is 5.62. The minimum absolute atomic E-state index is 0.396. The van der Waals surface area contributed by atoms with Crippen LogP contribution in [0.15, 0.2) is 48.5 Å². The summed E-state index contributed by atoms with van der Waals surface area (Å²) in [5.74, 6) is -0.501. The van der Waals surface area contributed by atoms with E-state index in [0.29, 0.717) is 16.5 Å². The van der Waals surface area contributed by atoms with Crippen molar-refractivity contribution in [2.45, 2.75) is 20.0 Å². The molecule has 0 fully saturated rings. The van der Waals surface area contributed by atoms with Gasteiger partial charge in [-0.1, -0.05) is 35.9 Å². The van der Waals surface area contributed by atoms with Gasteiger partial charge in [-0.25, -0.2) is 4.79 Å². The van der Waals surface area contributed by atoms with Crippen LogP contribution in [0.2, 0.25) is 5.02 Å². The van der Waals surface area contributed by atoms with E-state index in [4.69, 9.17) is 21.1 Å². The van der Waals surface area contributed by atoms with Crippen molar-refractivity contribution in [3.63, 3.8) is 0 Å². The molecule has 6 heteroatoms. The molecule has 0 spiro atoms. The number of anilines is 1. The van der Waals surface area contributed by atoms with E-state index in [1.807, 2.05) is 13.0 Å². The van der Waals surface area contributed by atoms with E-state index in [0.717, 1.165) is 5.56 Å². The number of nitrogens with one attached hydrogen (secondary N) is 1. The number of carbonyl (C=O) groups is 2. The number of amides is 1. The molecule has 1 atom stereocenters. The van der Waals surface area contributed by atoms with E-state index >= 15 is 0 Å². The zero-order chi connectivity index (χ0) is 17.5. The fourth-order valence-electron chi connectivity index (χ4n) is 1.92. The van der Waals surface area contributed by atoms with Crippen molar-refractivity contribution in [1.29, 1.82) is 0 Å². The quantitative estimate of drug-likeness (QED) is 0.811. The number of esters is 1. The van der Waals surface area contributed by atoms with Gasteiger partial charge in [-0.15, -0.1) is 0 Å². The van der Waals surface area contributed by atoms with Crippen LogP contribution < -0.4 is 10.1 Å². The summed E-state index contributed by atoms with van der Waals surface area (Å²) in [6, 6.07) is 14.1. The lowest BCUT2D eigenvalue weighted by Gasteiger charge is -2.14. The van der Waals surface area contributed by atoms with Crippen molar-refractivity contribution in [2.24, 2.45) is 0 Å². The highest BCUT2D eigenvalue weighted by atomic mass is 35.5. The van der Waals surface area contributed by atoms with E-state index in [1.165, 1.54) is 0 Å². The number of ether oxygens (including phenoxy) is 2. The first-order chi connectivity index (χ1) is 11.5. The molecule has 0 bridgehead atoms. The molecule has 2 rings (SSSR count). The third-order valence-electron chi connectivity index (χ3n) is 3.21. The molecule has 126 valence electrons. The van der Waals surface area contributed by atoms with Gasteiger partial charge in [0.1, 0.15) is 5.75 Å². The fraction of sp³-hybridized carbons (Fsp3) is 0.222. The van der Waals surface area contributed by atoms with Crippen LogP contribution in [0.25, 0.3) is 0 Å². The van der Waals surface area contributed by atoms with Crippen LogP contribution in [0.3, 0.4) is 0 Å². The normalized spacial score (nSPS) is 11.5. The van der Waals surface area contributed by atoms with Crippen molar-refractivity contribution in [1.82, 2.24) is 0 Å². The lowest BCUT2D eigenvalue weighted by atomic mass is 10.2. The predicted octanol–water partition coefficient (Wildman–Crippen LogP) is 3.60. The molecule has 0 heterocycles. The van der Waals surface area contributed by atoms with Gasteiger partial charge in [-0.05, 0) is 43.7 Å². The number of para-hydroxylation sites is 1. The summed E-state index contributed by atoms with van der Waals surface area (Å²) in [5, 5.41) is 3.17. The van der Waals surface area contributed by atoms with Crippen LogP contribution >= 0.6 is 11.6 Å². The van der Waals surface area contributed by atoms with Crippen molar-refractivity contribution < 1.29 is 19.1 Å². The summed E-state index contributed by atoms with van der Waals surface area (Å²) >= 11 is 5.89. The van der Waals surface area contributed by atoms with Crippen molar-refractivity contribution >= 4 is 29.2 Å². The van der Waals surface area contributed by atoms with Gasteiger partial charge in [0.15, 0.2) is 12.7 Å². The number of hydrogen-bond donors (Lipinski definition) is 1. The highest BCUT2D eigenvalue weighted by molar-refractivity contribution is 6.31. The van der Waals surface area contributed by atoms with Crippen LogP contribution in [0.1, 0.15) is 12.5 Å². The predicted molar refractivity (Wildman–Crippen MR) is 92.3 cm³/mol. The zero-order valence-electron chi connectivity index (χ0n) is 13.4. The fourth-order valence-corrected chi connectivity index (χ4v) is 2.09. The number of carbonyl (C=O) groups excluding carboxylic acids is 2. The van der Waals surface area contributed by atoms with E-state index in [1.54, 1.807) is 49.4 Å². The van der Waals surface area contributed by atoms with E-state index in [-0.39, 0.29) is 0 Å². The third-order valence-corrected chi connectivity index (χ3v) is 3.44. The Morgan fingerprint density at radius 3 is 2.58 bits per heavy atom. The van der Waals surface area contributed by atoms with Gasteiger partial charge in [0, 0.05) is 10.7 Å². The van der Waals surface area contributed by atoms with Crippen LogP contribution in [-0.4, -0.2) is 24.6 Å². The SMILES string of the molecule is Cc1ccc(Cl)cc1NC(=O)COC(=O)[C@@H](C)Oc1ccccc1. The molecule has 24 heavy (non-hydrogen) atoms. The van der Waals surface area contributed by atoms with Gasteiger partial charge in [-0.2, -0.15) is 0 Å². The molecule has 0 saturated carbocycles. The topological polar surface area (TPSA) is 64.6 Å². The maximum absolute atomic E-state index is 11.9. The molecule has 0 aliphatic rings. The van der Waals surface area contributed by atoms with Crippen molar-refractivity contribution in [3.05, 3.63) is 59.1 Å². The first-order valence-corrected chi connectivity index (χ1v) is 7.78. The molecule has 1 N–H and O–H groups in total. The maximum atomic E-state index is 11.9. The highest BCUT2D eigenvalue weighted by Crippen LogP contribution is 2.20. The van der Waals surface area contributed by atoms with Crippen LogP contribution in [0.4, 0.5) is 5.69 Å². The lowest BCUT2D eigenvalue weighted by molar-refractivity contribution is -0.153. The van der Waals surface area contributed by atoms with Crippen LogP contribution in [-0.2, 0) is 14.3 Å². The van der Waals surface area contributed by atoms with Gasteiger partial charge in [0.2, 0.25) is 0 Å². The standard InChI is InChI=1S/C18H18ClNO4/c1-12-8-9-14(19)10-16(12)20-17(21)11-23-18(22)13(2)24-15-6-4-3-5-7-15/h3-10,13H,11H2,1-2H3,(H,20,21)/t13-/m1/s1. The molecule has 2 aromatic carbocycles. The Bertz CT molecular complexity index is 718. The molecule has 0 aliphatic carbocycles. The van der Waals surface area contributed by atoms with Gasteiger partial charge in [0.05, 0.1) is 0 Å². The van der Waals surface area contributed by atoms with Crippen molar-refractivity contribution in [3.8, 4) is 5.75 Å². The second-order valence-electron chi connectivity index (χ2n) is 5.19. The molecule has 0 aromatic heterocycles.